The number of carbonyl (C=O) groups excluding carboxylic acids is 2. The van der Waals surface area contributed by atoms with Gasteiger partial charge in [0, 0.05) is 35.1 Å². The minimum Gasteiger partial charge on any atom is -0.493 e. The van der Waals surface area contributed by atoms with Gasteiger partial charge in [-0.25, -0.2) is 8.42 Å². The van der Waals surface area contributed by atoms with E-state index < -0.39 is 28.5 Å². The standard InChI is InChI=1S/C39H43Cl2N3O6S/c1-27-14-18-32(19-15-27)44(51(47,48)33-20-21-36(49-2)37(24-33)50-3)26-38(45)43(25-29-16-17-30(40)23-34(29)41)35(22-28-10-6-4-7-11-28)39(46)42-31-12-8-5-9-13-31/h4,6-7,10-11,14-21,23-24,31,35H,5,8-9,12-13,22,25-26H2,1-3H3,(H,42,46)/t35-/m1/s1. The average molecular weight is 753 g/mol. The van der Waals surface area contributed by atoms with Gasteiger partial charge in [-0.2, -0.15) is 0 Å². The Morgan fingerprint density at radius 1 is 0.863 bits per heavy atom. The molecule has 2 amide bonds. The van der Waals surface area contributed by atoms with E-state index in [0.717, 1.165) is 47.5 Å². The number of halogens is 2. The molecule has 5 rings (SSSR count). The Morgan fingerprint density at radius 3 is 2.20 bits per heavy atom. The molecule has 4 aromatic rings. The van der Waals surface area contributed by atoms with Gasteiger partial charge in [0.1, 0.15) is 12.6 Å². The first kappa shape index (κ1) is 38.0. The van der Waals surface area contributed by atoms with Gasteiger partial charge in [0.2, 0.25) is 11.8 Å². The van der Waals surface area contributed by atoms with E-state index in [0.29, 0.717) is 21.4 Å². The first-order valence-electron chi connectivity index (χ1n) is 16.9. The number of nitrogens with one attached hydrogen (secondary N) is 1. The van der Waals surface area contributed by atoms with Crippen LogP contribution in [0.1, 0.15) is 48.8 Å². The first-order chi connectivity index (χ1) is 24.5. The van der Waals surface area contributed by atoms with Crippen LogP contribution in [0.3, 0.4) is 0 Å². The second-order valence-electron chi connectivity index (χ2n) is 12.7. The number of sulfonamides is 1. The molecule has 0 heterocycles. The Morgan fingerprint density at radius 2 is 1.55 bits per heavy atom. The highest BCUT2D eigenvalue weighted by Crippen LogP contribution is 2.33. The lowest BCUT2D eigenvalue weighted by molar-refractivity contribution is -0.140. The maximum atomic E-state index is 14.8. The van der Waals surface area contributed by atoms with Gasteiger partial charge in [0.25, 0.3) is 10.0 Å². The van der Waals surface area contributed by atoms with Crippen molar-refractivity contribution in [3.63, 3.8) is 0 Å². The van der Waals surface area contributed by atoms with E-state index in [1.807, 2.05) is 37.3 Å². The van der Waals surface area contributed by atoms with Gasteiger partial charge >= 0.3 is 0 Å². The maximum absolute atomic E-state index is 14.8. The summed E-state index contributed by atoms with van der Waals surface area (Å²) in [6.45, 7) is 1.22. The van der Waals surface area contributed by atoms with Crippen molar-refractivity contribution in [2.45, 2.75) is 69.0 Å². The molecule has 0 spiro atoms. The van der Waals surface area contributed by atoms with Crippen LogP contribution in [0.15, 0.2) is 95.9 Å². The highest BCUT2D eigenvalue weighted by Gasteiger charge is 2.36. The minimum atomic E-state index is -4.36. The molecule has 4 aromatic carbocycles. The van der Waals surface area contributed by atoms with Crippen molar-refractivity contribution in [3.8, 4) is 11.5 Å². The second kappa shape index (κ2) is 17.3. The van der Waals surface area contributed by atoms with E-state index in [1.54, 1.807) is 42.5 Å². The molecule has 0 aromatic heterocycles. The number of hydrogen-bond acceptors (Lipinski definition) is 6. The number of carbonyl (C=O) groups is 2. The number of benzene rings is 4. The van der Waals surface area contributed by atoms with E-state index in [2.05, 4.69) is 5.32 Å². The summed E-state index contributed by atoms with van der Waals surface area (Å²) >= 11 is 12.9. The minimum absolute atomic E-state index is 0.0184. The summed E-state index contributed by atoms with van der Waals surface area (Å²) in [5.74, 6) is -0.331. The average Bonchev–Trinajstić information content (AvgIpc) is 3.13. The van der Waals surface area contributed by atoms with Crippen molar-refractivity contribution in [3.05, 3.63) is 118 Å². The molecule has 12 heteroatoms. The molecule has 1 fully saturated rings. The van der Waals surface area contributed by atoms with Crippen LogP contribution in [0.25, 0.3) is 0 Å². The monoisotopic (exact) mass is 751 g/mol. The lowest BCUT2D eigenvalue weighted by Gasteiger charge is -2.35. The zero-order valence-corrected chi connectivity index (χ0v) is 31.3. The lowest BCUT2D eigenvalue weighted by Crippen LogP contribution is -2.55. The smallest absolute Gasteiger partial charge is 0.264 e. The number of rotatable bonds is 14. The van der Waals surface area contributed by atoms with Crippen molar-refractivity contribution in [1.82, 2.24) is 10.2 Å². The summed E-state index contributed by atoms with van der Waals surface area (Å²) < 4.78 is 40.8. The molecule has 0 aliphatic heterocycles. The number of hydrogen-bond donors (Lipinski definition) is 1. The molecule has 51 heavy (non-hydrogen) atoms. The first-order valence-corrected chi connectivity index (χ1v) is 19.1. The molecule has 1 N–H and O–H groups in total. The molecule has 1 atom stereocenters. The van der Waals surface area contributed by atoms with Gasteiger partial charge in [-0.15, -0.1) is 0 Å². The van der Waals surface area contributed by atoms with Gasteiger partial charge in [-0.05, 0) is 67.3 Å². The zero-order valence-electron chi connectivity index (χ0n) is 29.0. The van der Waals surface area contributed by atoms with Crippen LogP contribution in [-0.2, 0) is 32.6 Å². The van der Waals surface area contributed by atoms with Crippen LogP contribution in [0.5, 0.6) is 11.5 Å². The summed E-state index contributed by atoms with van der Waals surface area (Å²) in [7, 11) is -1.48. The van der Waals surface area contributed by atoms with Crippen molar-refractivity contribution in [2.75, 3.05) is 25.1 Å². The van der Waals surface area contributed by atoms with Crippen LogP contribution in [0.4, 0.5) is 5.69 Å². The highest BCUT2D eigenvalue weighted by molar-refractivity contribution is 7.92. The predicted molar refractivity (Wildman–Crippen MR) is 201 cm³/mol. The van der Waals surface area contributed by atoms with Gasteiger partial charge in [0.15, 0.2) is 11.5 Å². The van der Waals surface area contributed by atoms with Crippen LogP contribution in [0.2, 0.25) is 10.0 Å². The Hall–Kier alpha value is -4.25. The largest absolute Gasteiger partial charge is 0.493 e. The molecule has 1 saturated carbocycles. The van der Waals surface area contributed by atoms with Crippen LogP contribution >= 0.6 is 23.2 Å². The van der Waals surface area contributed by atoms with Crippen molar-refractivity contribution in [1.29, 1.82) is 0 Å². The molecule has 0 radical (unpaired) electrons. The molecule has 270 valence electrons. The third-order valence-electron chi connectivity index (χ3n) is 9.12. The topological polar surface area (TPSA) is 105 Å². The Balaban J connectivity index is 1.59. The second-order valence-corrected chi connectivity index (χ2v) is 15.4. The van der Waals surface area contributed by atoms with E-state index in [4.69, 9.17) is 32.7 Å². The van der Waals surface area contributed by atoms with E-state index >= 15 is 0 Å². The fraction of sp³-hybridized carbons (Fsp3) is 0.333. The fourth-order valence-electron chi connectivity index (χ4n) is 6.28. The summed E-state index contributed by atoms with van der Waals surface area (Å²) in [6.07, 6.45) is 5.04. The van der Waals surface area contributed by atoms with Crippen molar-refractivity contribution >= 4 is 50.7 Å². The molecule has 1 aliphatic carbocycles. The predicted octanol–water partition coefficient (Wildman–Crippen LogP) is 7.60. The molecule has 0 unspecified atom stereocenters. The van der Waals surface area contributed by atoms with E-state index in [-0.39, 0.29) is 41.2 Å². The molecule has 0 bridgehead atoms. The van der Waals surface area contributed by atoms with E-state index in [9.17, 15) is 18.0 Å². The maximum Gasteiger partial charge on any atom is 0.264 e. The molecule has 9 nitrogen and oxygen atoms in total. The lowest BCUT2D eigenvalue weighted by atomic mass is 9.94. The number of anilines is 1. The van der Waals surface area contributed by atoms with E-state index in [1.165, 1.54) is 37.3 Å². The number of methoxy groups -OCH3 is 2. The molecule has 0 saturated heterocycles. The van der Waals surface area contributed by atoms with Gasteiger partial charge in [0.05, 0.1) is 24.8 Å². The summed E-state index contributed by atoms with van der Waals surface area (Å²) in [5, 5.41) is 3.95. The third kappa shape index (κ3) is 9.55. The SMILES string of the molecule is COc1ccc(S(=O)(=O)N(CC(=O)N(Cc2ccc(Cl)cc2Cl)[C@H](Cc2ccccc2)C(=O)NC2CCCCC2)c2ccc(C)cc2)cc1OC. The Kier molecular flexibility index (Phi) is 12.9. The van der Waals surface area contributed by atoms with Crippen LogP contribution in [0, 0.1) is 6.92 Å². The van der Waals surface area contributed by atoms with Crippen LogP contribution in [-0.4, -0.2) is 58.0 Å². The van der Waals surface area contributed by atoms with Gasteiger partial charge < -0.3 is 19.7 Å². The summed E-state index contributed by atoms with van der Waals surface area (Å²) in [4.78, 5) is 30.5. The Bertz CT molecular complexity index is 1920. The summed E-state index contributed by atoms with van der Waals surface area (Å²) in [5.41, 5.74) is 2.59. The van der Waals surface area contributed by atoms with Crippen molar-refractivity contribution < 1.29 is 27.5 Å². The number of aryl methyl sites for hydroxylation is 1. The summed E-state index contributed by atoms with van der Waals surface area (Å²) in [6, 6.07) is 24.5. The zero-order chi connectivity index (χ0) is 36.5. The fourth-order valence-corrected chi connectivity index (χ4v) is 8.17. The Labute approximate surface area is 310 Å². The third-order valence-corrected chi connectivity index (χ3v) is 11.5. The van der Waals surface area contributed by atoms with Crippen LogP contribution < -0.4 is 19.1 Å². The number of amides is 2. The van der Waals surface area contributed by atoms with Gasteiger partial charge in [-0.3, -0.25) is 13.9 Å². The van der Waals surface area contributed by atoms with Gasteiger partial charge in [-0.1, -0.05) is 96.6 Å². The molecular weight excluding hydrogens is 709 g/mol. The van der Waals surface area contributed by atoms with Crippen molar-refractivity contribution in [2.24, 2.45) is 0 Å². The normalized spacial score (nSPS) is 14.0. The number of nitrogens with zero attached hydrogens (tertiary/aromatic N) is 2. The quantitative estimate of drug-likeness (QED) is 0.142. The molecular formula is C39H43Cl2N3O6S. The molecule has 1 aliphatic rings. The highest BCUT2D eigenvalue weighted by atomic mass is 35.5. The number of ether oxygens (including phenoxy) is 2.